The van der Waals surface area contributed by atoms with E-state index in [-0.39, 0.29) is 5.91 Å². The number of aliphatic hydroxyl groups is 1. The van der Waals surface area contributed by atoms with Crippen molar-refractivity contribution in [1.82, 2.24) is 4.90 Å². The Bertz CT molecular complexity index is 90.4. The Balaban J connectivity index is 3.64. The van der Waals surface area contributed by atoms with Crippen LogP contribution in [0.15, 0.2) is 0 Å². The van der Waals surface area contributed by atoms with E-state index in [1.165, 1.54) is 14.0 Å². The third-order valence-electron chi connectivity index (χ3n) is 0.944. The van der Waals surface area contributed by atoms with Gasteiger partial charge in [-0.05, 0) is 6.92 Å². The molecule has 8 heavy (non-hydrogen) atoms. The van der Waals surface area contributed by atoms with Crippen molar-refractivity contribution in [2.45, 2.75) is 13.2 Å². The zero-order chi connectivity index (χ0) is 6.73. The molecule has 3 nitrogen and oxygen atoms in total. The molecular formula is C5H10NO2. The highest BCUT2D eigenvalue weighted by molar-refractivity contribution is 5.73. The van der Waals surface area contributed by atoms with Gasteiger partial charge in [0.2, 0.25) is 5.91 Å². The summed E-state index contributed by atoms with van der Waals surface area (Å²) in [6.07, 6.45) is -0.924. The van der Waals surface area contributed by atoms with Gasteiger partial charge in [-0.2, -0.15) is 0 Å². The van der Waals surface area contributed by atoms with Crippen LogP contribution in [-0.2, 0) is 4.79 Å². The summed E-state index contributed by atoms with van der Waals surface area (Å²) in [6, 6.07) is 0. The maximum atomic E-state index is 10.3. The standard InChI is InChI=1S/C5H10NO2/c1-4(7)6(3)5(2)8/h4,7H,1H2,2-3H3. The molecule has 1 N–H and O–H groups in total. The Hall–Kier alpha value is -0.570. The fourth-order valence-electron chi connectivity index (χ4n) is 0.210. The summed E-state index contributed by atoms with van der Waals surface area (Å²) in [7, 11) is 1.49. The molecule has 1 atom stereocenters. The van der Waals surface area contributed by atoms with Crippen molar-refractivity contribution in [1.29, 1.82) is 0 Å². The molecule has 0 spiro atoms. The lowest BCUT2D eigenvalue weighted by Gasteiger charge is -2.16. The van der Waals surface area contributed by atoms with Crippen LogP contribution in [0, 0.1) is 6.92 Å². The molecule has 0 fully saturated rings. The maximum absolute atomic E-state index is 10.3. The second-order valence-electron chi connectivity index (χ2n) is 1.61. The van der Waals surface area contributed by atoms with E-state index in [9.17, 15) is 4.79 Å². The zero-order valence-electron chi connectivity index (χ0n) is 5.09. The van der Waals surface area contributed by atoms with Crippen molar-refractivity contribution in [3.63, 3.8) is 0 Å². The van der Waals surface area contributed by atoms with E-state index < -0.39 is 6.23 Å². The van der Waals surface area contributed by atoms with Gasteiger partial charge in [0.1, 0.15) is 6.23 Å². The Morgan fingerprint density at radius 1 is 1.88 bits per heavy atom. The molecule has 1 radical (unpaired) electrons. The number of nitrogens with zero attached hydrogens (tertiary/aromatic N) is 1. The van der Waals surface area contributed by atoms with Crippen LogP contribution in [0.5, 0.6) is 0 Å². The normalized spacial score (nSPS) is 13.0. The van der Waals surface area contributed by atoms with E-state index in [1.54, 1.807) is 0 Å². The summed E-state index contributed by atoms with van der Waals surface area (Å²) in [5, 5.41) is 8.59. The van der Waals surface area contributed by atoms with Crippen molar-refractivity contribution in [3.05, 3.63) is 6.92 Å². The summed E-state index contributed by atoms with van der Waals surface area (Å²) in [5.74, 6) is -0.187. The Labute approximate surface area is 48.9 Å². The smallest absolute Gasteiger partial charge is 0.221 e. The summed E-state index contributed by atoms with van der Waals surface area (Å²) in [5.41, 5.74) is 0. The highest BCUT2D eigenvalue weighted by Crippen LogP contribution is 1.87. The molecule has 1 amide bonds. The largest absolute Gasteiger partial charge is 0.374 e. The lowest BCUT2D eigenvalue weighted by atomic mass is 10.5. The van der Waals surface area contributed by atoms with Crippen LogP contribution >= 0.6 is 0 Å². The second kappa shape index (κ2) is 2.67. The molecule has 0 rings (SSSR count). The SMILES string of the molecule is [CH2]C(O)N(C)C(C)=O. The summed E-state index contributed by atoms with van der Waals surface area (Å²) in [4.78, 5) is 11.4. The van der Waals surface area contributed by atoms with Gasteiger partial charge in [-0.1, -0.05) is 0 Å². The van der Waals surface area contributed by atoms with Crippen LogP contribution in [-0.4, -0.2) is 29.2 Å². The first-order valence-corrected chi connectivity index (χ1v) is 2.30. The van der Waals surface area contributed by atoms with E-state index in [4.69, 9.17) is 5.11 Å². The first-order valence-electron chi connectivity index (χ1n) is 2.30. The fourth-order valence-corrected chi connectivity index (χ4v) is 0.210. The summed E-state index contributed by atoms with van der Waals surface area (Å²) < 4.78 is 0. The first kappa shape index (κ1) is 7.43. The number of hydrogen-bond donors (Lipinski definition) is 1. The van der Waals surface area contributed by atoms with Crippen LogP contribution in [0.2, 0.25) is 0 Å². The van der Waals surface area contributed by atoms with E-state index in [0.717, 1.165) is 4.90 Å². The molecule has 3 heteroatoms. The molecule has 0 aromatic rings. The molecule has 0 aromatic carbocycles. The molecule has 0 saturated carbocycles. The number of amides is 1. The lowest BCUT2D eigenvalue weighted by molar-refractivity contribution is -0.133. The van der Waals surface area contributed by atoms with E-state index in [0.29, 0.717) is 0 Å². The van der Waals surface area contributed by atoms with Gasteiger partial charge in [0, 0.05) is 14.0 Å². The number of rotatable bonds is 1. The van der Waals surface area contributed by atoms with Gasteiger partial charge in [-0.15, -0.1) is 0 Å². The highest BCUT2D eigenvalue weighted by atomic mass is 16.3. The second-order valence-corrected chi connectivity index (χ2v) is 1.61. The highest BCUT2D eigenvalue weighted by Gasteiger charge is 2.05. The van der Waals surface area contributed by atoms with Crippen LogP contribution in [0.1, 0.15) is 6.92 Å². The monoisotopic (exact) mass is 116 g/mol. The molecule has 0 heterocycles. The van der Waals surface area contributed by atoms with E-state index >= 15 is 0 Å². The van der Waals surface area contributed by atoms with Crippen molar-refractivity contribution in [2.75, 3.05) is 7.05 Å². The predicted octanol–water partition coefficient (Wildman–Crippen LogP) is -0.383. The minimum absolute atomic E-state index is 0.187. The summed E-state index contributed by atoms with van der Waals surface area (Å²) in [6.45, 7) is 4.59. The number of aliphatic hydroxyl groups excluding tert-OH is 1. The molecule has 0 aliphatic rings. The number of hydrogen-bond acceptors (Lipinski definition) is 2. The van der Waals surface area contributed by atoms with Crippen molar-refractivity contribution >= 4 is 5.91 Å². The Kier molecular flexibility index (Phi) is 2.48. The molecule has 0 bridgehead atoms. The number of carbonyl (C=O) groups is 1. The third-order valence-corrected chi connectivity index (χ3v) is 0.944. The van der Waals surface area contributed by atoms with Crippen LogP contribution in [0.4, 0.5) is 0 Å². The molecule has 1 unspecified atom stereocenters. The van der Waals surface area contributed by atoms with Gasteiger partial charge in [0.05, 0.1) is 0 Å². The van der Waals surface area contributed by atoms with E-state index in [1.807, 2.05) is 0 Å². The quantitative estimate of drug-likeness (QED) is 0.474. The van der Waals surface area contributed by atoms with Gasteiger partial charge in [0.15, 0.2) is 0 Å². The van der Waals surface area contributed by atoms with Gasteiger partial charge >= 0.3 is 0 Å². The van der Waals surface area contributed by atoms with Gasteiger partial charge < -0.3 is 10.0 Å². The fraction of sp³-hybridized carbons (Fsp3) is 0.600. The van der Waals surface area contributed by atoms with Crippen molar-refractivity contribution in [2.24, 2.45) is 0 Å². The molecule has 47 valence electrons. The third kappa shape index (κ3) is 1.93. The number of carbonyl (C=O) groups excluding carboxylic acids is 1. The predicted molar refractivity (Wildman–Crippen MR) is 29.8 cm³/mol. The summed E-state index contributed by atoms with van der Waals surface area (Å²) >= 11 is 0. The molecule has 0 aliphatic heterocycles. The van der Waals surface area contributed by atoms with Crippen molar-refractivity contribution < 1.29 is 9.90 Å². The topological polar surface area (TPSA) is 40.5 Å². The average Bonchev–Trinajstić information content (AvgIpc) is 1.64. The molecule has 0 saturated heterocycles. The van der Waals surface area contributed by atoms with Gasteiger partial charge in [-0.3, -0.25) is 4.79 Å². The van der Waals surface area contributed by atoms with Crippen LogP contribution < -0.4 is 0 Å². The van der Waals surface area contributed by atoms with Crippen LogP contribution in [0.3, 0.4) is 0 Å². The Morgan fingerprint density at radius 2 is 2.25 bits per heavy atom. The molecule has 0 aromatic heterocycles. The zero-order valence-corrected chi connectivity index (χ0v) is 5.09. The lowest BCUT2D eigenvalue weighted by Crippen LogP contribution is -2.32. The van der Waals surface area contributed by atoms with Gasteiger partial charge in [0.25, 0.3) is 0 Å². The molecule has 0 aliphatic carbocycles. The first-order chi connectivity index (χ1) is 3.55. The maximum Gasteiger partial charge on any atom is 0.221 e. The minimum atomic E-state index is -0.924. The Morgan fingerprint density at radius 3 is 2.25 bits per heavy atom. The molecular weight excluding hydrogens is 106 g/mol. The van der Waals surface area contributed by atoms with E-state index in [2.05, 4.69) is 6.92 Å². The van der Waals surface area contributed by atoms with Crippen molar-refractivity contribution in [3.8, 4) is 0 Å². The minimum Gasteiger partial charge on any atom is -0.374 e. The average molecular weight is 116 g/mol. The van der Waals surface area contributed by atoms with Gasteiger partial charge in [-0.25, -0.2) is 0 Å². The van der Waals surface area contributed by atoms with Crippen LogP contribution in [0.25, 0.3) is 0 Å².